The van der Waals surface area contributed by atoms with Crippen LogP contribution in [0.3, 0.4) is 0 Å². The van der Waals surface area contributed by atoms with E-state index < -0.39 is 28.5 Å². The Morgan fingerprint density at radius 2 is 1.49 bits per heavy atom. The van der Waals surface area contributed by atoms with E-state index in [9.17, 15) is 18.0 Å². The van der Waals surface area contributed by atoms with Crippen LogP contribution in [0.25, 0.3) is 0 Å². The van der Waals surface area contributed by atoms with Gasteiger partial charge in [-0.25, -0.2) is 8.42 Å². The van der Waals surface area contributed by atoms with Crippen molar-refractivity contribution in [1.82, 2.24) is 10.2 Å². The van der Waals surface area contributed by atoms with E-state index in [1.807, 2.05) is 30.3 Å². The van der Waals surface area contributed by atoms with Gasteiger partial charge in [0.05, 0.1) is 27.0 Å². The summed E-state index contributed by atoms with van der Waals surface area (Å²) in [6.45, 7) is 1.42. The van der Waals surface area contributed by atoms with Crippen molar-refractivity contribution in [2.24, 2.45) is 0 Å². The van der Waals surface area contributed by atoms with E-state index in [0.29, 0.717) is 17.1 Å². The molecule has 1 N–H and O–H groups in total. The first-order chi connectivity index (χ1) is 18.4. The molecule has 0 spiro atoms. The van der Waals surface area contributed by atoms with E-state index in [1.54, 1.807) is 31.2 Å². The molecule has 7 nitrogen and oxygen atoms in total. The minimum Gasteiger partial charge on any atom is -0.355 e. The predicted octanol–water partition coefficient (Wildman–Crippen LogP) is 5.84. The van der Waals surface area contributed by atoms with Gasteiger partial charge < -0.3 is 10.2 Å². The summed E-state index contributed by atoms with van der Waals surface area (Å²) in [5, 5.41) is 3.37. The van der Waals surface area contributed by atoms with Crippen molar-refractivity contribution in [2.45, 2.75) is 25.9 Å². The third kappa shape index (κ3) is 8.25. The molecule has 0 saturated heterocycles. The van der Waals surface area contributed by atoms with Gasteiger partial charge in [-0.15, -0.1) is 0 Å². The highest BCUT2D eigenvalue weighted by Gasteiger charge is 2.33. The van der Waals surface area contributed by atoms with Gasteiger partial charge in [0.25, 0.3) is 0 Å². The Balaban J connectivity index is 2.09. The Hall–Kier alpha value is -2.49. The van der Waals surface area contributed by atoms with Crippen LogP contribution >= 0.6 is 46.4 Å². The summed E-state index contributed by atoms with van der Waals surface area (Å²) in [4.78, 5) is 28.7. The van der Waals surface area contributed by atoms with E-state index in [4.69, 9.17) is 46.4 Å². The summed E-state index contributed by atoms with van der Waals surface area (Å²) >= 11 is 24.9. The smallest absolute Gasteiger partial charge is 0.244 e. The average Bonchev–Trinajstić information content (AvgIpc) is 2.88. The Morgan fingerprint density at radius 1 is 0.872 bits per heavy atom. The fourth-order valence-corrected chi connectivity index (χ4v) is 5.70. The molecular formula is C27H27Cl4N3O4S. The minimum atomic E-state index is -4.02. The van der Waals surface area contributed by atoms with Gasteiger partial charge in [0.1, 0.15) is 12.6 Å². The number of carbonyl (C=O) groups excluding carboxylic acids is 2. The fourth-order valence-electron chi connectivity index (χ4n) is 3.95. The highest BCUT2D eigenvalue weighted by molar-refractivity contribution is 7.92. The molecule has 12 heteroatoms. The molecule has 3 aromatic rings. The zero-order chi connectivity index (χ0) is 28.7. The molecule has 0 aliphatic rings. The number of hydrogen-bond donors (Lipinski definition) is 1. The van der Waals surface area contributed by atoms with Crippen molar-refractivity contribution in [2.75, 3.05) is 23.7 Å². The lowest BCUT2D eigenvalue weighted by Gasteiger charge is -2.33. The topological polar surface area (TPSA) is 86.8 Å². The molecule has 0 aliphatic carbocycles. The zero-order valence-corrected chi connectivity index (χ0v) is 25.0. The number of benzene rings is 3. The van der Waals surface area contributed by atoms with Crippen molar-refractivity contribution in [1.29, 1.82) is 0 Å². The van der Waals surface area contributed by atoms with E-state index in [-0.39, 0.29) is 39.6 Å². The third-order valence-electron chi connectivity index (χ3n) is 5.86. The van der Waals surface area contributed by atoms with E-state index in [2.05, 4.69) is 5.32 Å². The van der Waals surface area contributed by atoms with E-state index >= 15 is 0 Å². The molecule has 0 aliphatic heterocycles. The summed E-state index contributed by atoms with van der Waals surface area (Å²) in [7, 11) is -4.02. The molecule has 0 fully saturated rings. The van der Waals surface area contributed by atoms with Gasteiger partial charge in [-0.1, -0.05) is 94.9 Å². The highest BCUT2D eigenvalue weighted by Crippen LogP contribution is 2.35. The number of nitrogens with one attached hydrogen (secondary N) is 1. The average molecular weight is 631 g/mol. The third-order valence-corrected chi connectivity index (χ3v) is 8.38. The molecule has 3 rings (SSSR count). The van der Waals surface area contributed by atoms with Gasteiger partial charge in [-0.2, -0.15) is 0 Å². The van der Waals surface area contributed by atoms with Gasteiger partial charge in [0.2, 0.25) is 21.8 Å². The van der Waals surface area contributed by atoms with Gasteiger partial charge >= 0.3 is 0 Å². The van der Waals surface area contributed by atoms with E-state index in [1.165, 1.54) is 17.0 Å². The van der Waals surface area contributed by atoms with Gasteiger partial charge in [0, 0.05) is 24.5 Å². The number of sulfonamides is 1. The largest absolute Gasteiger partial charge is 0.355 e. The normalized spacial score (nSPS) is 12.1. The van der Waals surface area contributed by atoms with Crippen molar-refractivity contribution in [3.05, 3.63) is 97.9 Å². The molecular weight excluding hydrogens is 604 g/mol. The molecule has 0 heterocycles. The molecule has 1 atom stereocenters. The minimum absolute atomic E-state index is 0.00941. The molecule has 2 amide bonds. The fraction of sp³-hybridized carbons (Fsp3) is 0.259. The van der Waals surface area contributed by atoms with Crippen LogP contribution < -0.4 is 9.62 Å². The summed E-state index contributed by atoms with van der Waals surface area (Å²) in [5.41, 5.74) is 1.39. The van der Waals surface area contributed by atoms with Crippen LogP contribution in [0.2, 0.25) is 20.1 Å². The lowest BCUT2D eigenvalue weighted by molar-refractivity contribution is -0.140. The number of carbonyl (C=O) groups is 2. The summed E-state index contributed by atoms with van der Waals surface area (Å²) in [6.07, 6.45) is 1.14. The van der Waals surface area contributed by atoms with Crippen LogP contribution in [0, 0.1) is 0 Å². The Labute approximate surface area is 248 Å². The second kappa shape index (κ2) is 13.7. The second-order valence-corrected chi connectivity index (χ2v) is 12.2. The van der Waals surface area contributed by atoms with Gasteiger partial charge in [-0.05, 0) is 36.2 Å². The first kappa shape index (κ1) is 31.0. The lowest BCUT2D eigenvalue weighted by atomic mass is 10.0. The number of rotatable bonds is 11. The molecule has 208 valence electrons. The Morgan fingerprint density at radius 3 is 2.10 bits per heavy atom. The number of amides is 2. The molecule has 3 aromatic carbocycles. The first-order valence-corrected chi connectivity index (χ1v) is 15.2. The van der Waals surface area contributed by atoms with Crippen LogP contribution in [-0.4, -0.2) is 50.5 Å². The molecule has 39 heavy (non-hydrogen) atoms. The van der Waals surface area contributed by atoms with Crippen molar-refractivity contribution >= 4 is 73.9 Å². The number of likely N-dealkylation sites (N-methyl/N-ethyl adjacent to an activating group) is 1. The summed E-state index contributed by atoms with van der Waals surface area (Å²) in [5.74, 6) is -1.03. The van der Waals surface area contributed by atoms with Crippen molar-refractivity contribution in [3.63, 3.8) is 0 Å². The maximum absolute atomic E-state index is 14.0. The van der Waals surface area contributed by atoms with Crippen molar-refractivity contribution < 1.29 is 18.0 Å². The van der Waals surface area contributed by atoms with Crippen LogP contribution in [0.15, 0.2) is 66.7 Å². The SMILES string of the molecule is CCNC(=O)[C@@H](Cc1ccccc1)N(Cc1ccccc1Cl)C(=O)CN(c1cc(Cl)c(Cl)cc1Cl)S(C)(=O)=O. The number of anilines is 1. The molecule has 0 radical (unpaired) electrons. The van der Waals surface area contributed by atoms with Crippen LogP contribution in [0.5, 0.6) is 0 Å². The van der Waals surface area contributed by atoms with Crippen molar-refractivity contribution in [3.8, 4) is 0 Å². The standard InChI is InChI=1S/C27H27Cl4N3O4S/c1-3-32-27(36)25(13-18-9-5-4-6-10-18)33(16-19-11-7-8-12-20(19)28)26(35)17-34(39(2,37)38)24-15-22(30)21(29)14-23(24)31/h4-12,14-15,25H,3,13,16-17H2,1-2H3,(H,32,36)/t25-/m1/s1. The highest BCUT2D eigenvalue weighted by atomic mass is 35.5. The maximum Gasteiger partial charge on any atom is 0.244 e. The molecule has 0 aromatic heterocycles. The molecule has 0 saturated carbocycles. The first-order valence-electron chi connectivity index (χ1n) is 11.9. The maximum atomic E-state index is 14.0. The van der Waals surface area contributed by atoms with Crippen LogP contribution in [0.4, 0.5) is 5.69 Å². The lowest BCUT2D eigenvalue weighted by Crippen LogP contribution is -2.53. The Kier molecular flexibility index (Phi) is 10.9. The monoisotopic (exact) mass is 629 g/mol. The number of hydrogen-bond acceptors (Lipinski definition) is 4. The number of halogens is 4. The van der Waals surface area contributed by atoms with E-state index in [0.717, 1.165) is 16.1 Å². The molecule has 0 bridgehead atoms. The Bertz CT molecular complexity index is 1440. The van der Waals surface area contributed by atoms with Crippen LogP contribution in [-0.2, 0) is 32.6 Å². The second-order valence-electron chi connectivity index (χ2n) is 8.70. The van der Waals surface area contributed by atoms with Gasteiger partial charge in [0.15, 0.2) is 0 Å². The number of nitrogens with zero attached hydrogens (tertiary/aromatic N) is 2. The van der Waals surface area contributed by atoms with Gasteiger partial charge in [-0.3, -0.25) is 13.9 Å². The summed E-state index contributed by atoms with van der Waals surface area (Å²) < 4.78 is 26.6. The quantitative estimate of drug-likeness (QED) is 0.270. The summed E-state index contributed by atoms with van der Waals surface area (Å²) in [6, 6.07) is 17.8. The predicted molar refractivity (Wildman–Crippen MR) is 158 cm³/mol. The van der Waals surface area contributed by atoms with Crippen LogP contribution in [0.1, 0.15) is 18.1 Å². The zero-order valence-electron chi connectivity index (χ0n) is 21.2. The molecule has 0 unspecified atom stereocenters.